The molecular weight excluding hydrogens is 392 g/mol. The van der Waals surface area contributed by atoms with E-state index in [-0.39, 0.29) is 11.8 Å². The Hall–Kier alpha value is -2.14. The van der Waals surface area contributed by atoms with Gasteiger partial charge in [-0.15, -0.1) is 0 Å². The fraction of sp³-hybridized carbons (Fsp3) is 0.333. The summed E-state index contributed by atoms with van der Waals surface area (Å²) in [6, 6.07) is 17.7. The molecule has 0 atom stereocenters. The average molecular weight is 415 g/mol. The van der Waals surface area contributed by atoms with Crippen LogP contribution in [-0.4, -0.2) is 47.8 Å². The second-order valence-electron chi connectivity index (χ2n) is 6.52. The first kappa shape index (κ1) is 18.6. The average Bonchev–Trinajstić information content (AvgIpc) is 2.68. The van der Waals surface area contributed by atoms with Crippen LogP contribution in [0.3, 0.4) is 0 Å². The summed E-state index contributed by atoms with van der Waals surface area (Å²) in [7, 11) is 0. The first-order valence-electron chi connectivity index (χ1n) is 9.00. The van der Waals surface area contributed by atoms with Crippen molar-refractivity contribution in [2.24, 2.45) is 0 Å². The van der Waals surface area contributed by atoms with E-state index in [1.807, 2.05) is 52.3 Å². The zero-order valence-electron chi connectivity index (χ0n) is 14.7. The number of piperazine rings is 1. The molecule has 0 saturated carbocycles. The Kier molecular flexibility index (Phi) is 6.45. The Morgan fingerprint density at radius 2 is 1.58 bits per heavy atom. The highest BCUT2D eigenvalue weighted by molar-refractivity contribution is 9.10. The van der Waals surface area contributed by atoms with Gasteiger partial charge in [-0.1, -0.05) is 52.3 Å². The van der Waals surface area contributed by atoms with Crippen LogP contribution in [0.1, 0.15) is 28.8 Å². The Bertz CT molecular complexity index is 756. The van der Waals surface area contributed by atoms with Gasteiger partial charge >= 0.3 is 0 Å². The van der Waals surface area contributed by atoms with E-state index in [2.05, 4.69) is 28.1 Å². The Labute approximate surface area is 162 Å². The molecule has 3 rings (SSSR count). The topological polar surface area (TPSA) is 40.6 Å². The lowest BCUT2D eigenvalue weighted by molar-refractivity contribution is -0.132. The van der Waals surface area contributed by atoms with Crippen molar-refractivity contribution < 1.29 is 9.59 Å². The van der Waals surface area contributed by atoms with E-state index in [9.17, 15) is 9.59 Å². The number of amides is 2. The van der Waals surface area contributed by atoms with Crippen LogP contribution in [0.2, 0.25) is 0 Å². The number of hydrogen-bond acceptors (Lipinski definition) is 2. The molecule has 0 aliphatic carbocycles. The van der Waals surface area contributed by atoms with E-state index >= 15 is 0 Å². The molecule has 0 spiro atoms. The van der Waals surface area contributed by atoms with Crippen LogP contribution in [-0.2, 0) is 11.2 Å². The quantitative estimate of drug-likeness (QED) is 0.746. The summed E-state index contributed by atoms with van der Waals surface area (Å²) >= 11 is 3.40. The highest BCUT2D eigenvalue weighted by Crippen LogP contribution is 2.15. The van der Waals surface area contributed by atoms with Gasteiger partial charge in [0.1, 0.15) is 0 Å². The zero-order valence-corrected chi connectivity index (χ0v) is 16.3. The van der Waals surface area contributed by atoms with Crippen LogP contribution in [0.15, 0.2) is 59.1 Å². The van der Waals surface area contributed by atoms with Crippen molar-refractivity contribution in [3.8, 4) is 0 Å². The van der Waals surface area contributed by atoms with Gasteiger partial charge in [-0.3, -0.25) is 9.59 Å². The van der Waals surface area contributed by atoms with Crippen molar-refractivity contribution >= 4 is 27.7 Å². The summed E-state index contributed by atoms with van der Waals surface area (Å²) < 4.78 is 0.899. The maximum absolute atomic E-state index is 12.6. The molecule has 1 heterocycles. The summed E-state index contributed by atoms with van der Waals surface area (Å²) in [6.45, 7) is 2.42. The van der Waals surface area contributed by atoms with Crippen LogP contribution in [0.5, 0.6) is 0 Å². The van der Waals surface area contributed by atoms with Crippen molar-refractivity contribution in [2.45, 2.75) is 19.3 Å². The smallest absolute Gasteiger partial charge is 0.254 e. The van der Waals surface area contributed by atoms with Gasteiger partial charge in [-0.25, -0.2) is 0 Å². The minimum atomic E-state index is 0.0301. The van der Waals surface area contributed by atoms with E-state index in [1.165, 1.54) is 5.56 Å². The molecule has 1 aliphatic heterocycles. The third-order valence-electron chi connectivity index (χ3n) is 4.69. The fourth-order valence-electron chi connectivity index (χ4n) is 3.21. The highest BCUT2D eigenvalue weighted by atomic mass is 79.9. The standard InChI is InChI=1S/C21H23BrN2O2/c22-19-10-5-9-18(16-19)21(26)24-14-12-23(13-15-24)20(25)11-4-8-17-6-2-1-3-7-17/h1-3,5-7,9-10,16H,4,8,11-15H2. The minimum absolute atomic E-state index is 0.0301. The Balaban J connectivity index is 1.44. The molecule has 2 amide bonds. The summed E-state index contributed by atoms with van der Waals surface area (Å²) in [4.78, 5) is 28.7. The predicted molar refractivity (Wildman–Crippen MR) is 106 cm³/mol. The van der Waals surface area contributed by atoms with E-state index in [0.29, 0.717) is 38.2 Å². The maximum atomic E-state index is 12.6. The van der Waals surface area contributed by atoms with E-state index in [1.54, 1.807) is 0 Å². The molecule has 4 nitrogen and oxygen atoms in total. The third kappa shape index (κ3) is 4.94. The van der Waals surface area contributed by atoms with E-state index in [4.69, 9.17) is 0 Å². The van der Waals surface area contributed by atoms with Gasteiger partial charge in [-0.05, 0) is 36.6 Å². The summed E-state index contributed by atoms with van der Waals surface area (Å²) in [5.74, 6) is 0.220. The second-order valence-corrected chi connectivity index (χ2v) is 7.44. The van der Waals surface area contributed by atoms with Crippen LogP contribution < -0.4 is 0 Å². The molecule has 2 aromatic carbocycles. The van der Waals surface area contributed by atoms with Crippen molar-refractivity contribution in [3.05, 3.63) is 70.2 Å². The first-order chi connectivity index (χ1) is 12.6. The number of halogens is 1. The molecule has 0 radical (unpaired) electrons. The zero-order chi connectivity index (χ0) is 18.4. The summed E-state index contributed by atoms with van der Waals surface area (Å²) in [6.07, 6.45) is 2.35. The van der Waals surface area contributed by atoms with Gasteiger partial charge in [0.15, 0.2) is 0 Å². The fourth-order valence-corrected chi connectivity index (χ4v) is 3.61. The number of benzene rings is 2. The molecular formula is C21H23BrN2O2. The van der Waals surface area contributed by atoms with Gasteiger partial charge < -0.3 is 9.80 Å². The summed E-state index contributed by atoms with van der Waals surface area (Å²) in [5, 5.41) is 0. The van der Waals surface area contributed by atoms with Crippen LogP contribution in [0, 0.1) is 0 Å². The predicted octanol–water partition coefficient (Wildman–Crippen LogP) is 3.76. The number of rotatable bonds is 5. The van der Waals surface area contributed by atoms with Crippen LogP contribution >= 0.6 is 15.9 Å². The molecule has 26 heavy (non-hydrogen) atoms. The third-order valence-corrected chi connectivity index (χ3v) is 5.18. The molecule has 0 aromatic heterocycles. The lowest BCUT2D eigenvalue weighted by atomic mass is 10.1. The number of aryl methyl sites for hydroxylation is 1. The summed E-state index contributed by atoms with van der Waals surface area (Å²) in [5.41, 5.74) is 1.95. The van der Waals surface area contributed by atoms with Crippen LogP contribution in [0.4, 0.5) is 0 Å². The number of hydrogen-bond donors (Lipinski definition) is 0. The highest BCUT2D eigenvalue weighted by Gasteiger charge is 2.24. The van der Waals surface area contributed by atoms with Gasteiger partial charge in [0.25, 0.3) is 5.91 Å². The molecule has 0 N–H and O–H groups in total. The minimum Gasteiger partial charge on any atom is -0.339 e. The Morgan fingerprint density at radius 3 is 2.27 bits per heavy atom. The largest absolute Gasteiger partial charge is 0.339 e. The lowest BCUT2D eigenvalue weighted by Gasteiger charge is -2.35. The molecule has 5 heteroatoms. The maximum Gasteiger partial charge on any atom is 0.254 e. The monoisotopic (exact) mass is 414 g/mol. The molecule has 0 bridgehead atoms. The van der Waals surface area contributed by atoms with Crippen molar-refractivity contribution in [1.82, 2.24) is 9.80 Å². The van der Waals surface area contributed by atoms with Gasteiger partial charge in [0, 0.05) is 42.6 Å². The molecule has 1 aliphatic rings. The molecule has 1 saturated heterocycles. The Morgan fingerprint density at radius 1 is 0.885 bits per heavy atom. The number of nitrogens with zero attached hydrogens (tertiary/aromatic N) is 2. The lowest BCUT2D eigenvalue weighted by Crippen LogP contribution is -2.50. The SMILES string of the molecule is O=C(CCCc1ccccc1)N1CCN(C(=O)c2cccc(Br)c2)CC1. The molecule has 1 fully saturated rings. The molecule has 2 aromatic rings. The van der Waals surface area contributed by atoms with Gasteiger partial charge in [-0.2, -0.15) is 0 Å². The van der Waals surface area contributed by atoms with E-state index in [0.717, 1.165) is 17.3 Å². The second kappa shape index (κ2) is 8.99. The van der Waals surface area contributed by atoms with Gasteiger partial charge in [0.2, 0.25) is 5.91 Å². The van der Waals surface area contributed by atoms with E-state index < -0.39 is 0 Å². The van der Waals surface area contributed by atoms with Crippen molar-refractivity contribution in [2.75, 3.05) is 26.2 Å². The van der Waals surface area contributed by atoms with Crippen molar-refractivity contribution in [1.29, 1.82) is 0 Å². The van der Waals surface area contributed by atoms with Crippen LogP contribution in [0.25, 0.3) is 0 Å². The van der Waals surface area contributed by atoms with Crippen molar-refractivity contribution in [3.63, 3.8) is 0 Å². The number of carbonyl (C=O) groups excluding carboxylic acids is 2. The first-order valence-corrected chi connectivity index (χ1v) is 9.79. The molecule has 136 valence electrons. The van der Waals surface area contributed by atoms with Gasteiger partial charge in [0.05, 0.1) is 0 Å². The normalized spacial score (nSPS) is 14.3. The number of carbonyl (C=O) groups is 2. The molecule has 0 unspecified atom stereocenters.